The summed E-state index contributed by atoms with van der Waals surface area (Å²) in [4.78, 5) is 15.4. The van der Waals surface area contributed by atoms with Crippen LogP contribution in [0.3, 0.4) is 0 Å². The van der Waals surface area contributed by atoms with E-state index in [9.17, 15) is 9.18 Å². The van der Waals surface area contributed by atoms with Gasteiger partial charge in [0, 0.05) is 11.9 Å². The van der Waals surface area contributed by atoms with Gasteiger partial charge in [-0.1, -0.05) is 26.0 Å². The molecule has 4 heteroatoms. The van der Waals surface area contributed by atoms with Crippen LogP contribution in [0.15, 0.2) is 42.6 Å². The van der Waals surface area contributed by atoms with Gasteiger partial charge in [0.1, 0.15) is 0 Å². The Hall–Kier alpha value is -2.23. The monoisotopic (exact) mass is 272 g/mol. The first-order valence-electron chi connectivity index (χ1n) is 6.63. The largest absolute Gasteiger partial charge is 0.322 e. The summed E-state index contributed by atoms with van der Waals surface area (Å²) in [6.45, 7) is 4.31. The molecule has 0 aliphatic carbocycles. The molecule has 1 unspecified atom stereocenters. The third kappa shape index (κ3) is 3.41. The summed E-state index contributed by atoms with van der Waals surface area (Å²) >= 11 is 0. The van der Waals surface area contributed by atoms with Crippen molar-refractivity contribution in [3.63, 3.8) is 0 Å². The van der Waals surface area contributed by atoms with Gasteiger partial charge in [-0.3, -0.25) is 4.79 Å². The Kier molecular flexibility index (Phi) is 4.45. The number of amides is 1. The normalized spacial score (nSPS) is 11.9. The number of pyridine rings is 1. The maximum atomic E-state index is 12.7. The lowest BCUT2D eigenvalue weighted by Crippen LogP contribution is -2.12. The van der Waals surface area contributed by atoms with Crippen LogP contribution < -0.4 is 5.32 Å². The molecule has 1 amide bonds. The van der Waals surface area contributed by atoms with Gasteiger partial charge in [0.15, 0.2) is 0 Å². The highest BCUT2D eigenvalue weighted by molar-refractivity contribution is 6.03. The fraction of sp³-hybridized carbons (Fsp3) is 0.250. The Bertz CT molecular complexity index is 578. The zero-order valence-corrected chi connectivity index (χ0v) is 11.6. The van der Waals surface area contributed by atoms with Crippen molar-refractivity contribution in [3.05, 3.63) is 59.7 Å². The van der Waals surface area contributed by atoms with Gasteiger partial charge in [0.25, 0.3) is 5.91 Å². The molecule has 0 aliphatic rings. The minimum atomic E-state index is -0.598. The smallest absolute Gasteiger partial charge is 0.257 e. The van der Waals surface area contributed by atoms with Crippen molar-refractivity contribution in [2.45, 2.75) is 26.2 Å². The van der Waals surface area contributed by atoms with E-state index in [1.165, 1.54) is 23.9 Å². The molecule has 0 radical (unpaired) electrons. The average molecular weight is 272 g/mol. The number of anilines is 1. The Balaban J connectivity index is 2.06. The lowest BCUT2D eigenvalue weighted by atomic mass is 9.99. The Labute approximate surface area is 117 Å². The summed E-state index contributed by atoms with van der Waals surface area (Å²) < 4.78 is 12.7. The second kappa shape index (κ2) is 6.28. The average Bonchev–Trinajstić information content (AvgIpc) is 2.48. The molecule has 1 aromatic heterocycles. The first-order valence-corrected chi connectivity index (χ1v) is 6.63. The van der Waals surface area contributed by atoms with E-state index >= 15 is 0 Å². The molecule has 0 aliphatic heterocycles. The van der Waals surface area contributed by atoms with Crippen LogP contribution in [0, 0.1) is 5.95 Å². The molecule has 1 aromatic carbocycles. The molecule has 104 valence electrons. The van der Waals surface area contributed by atoms with Crippen molar-refractivity contribution < 1.29 is 9.18 Å². The van der Waals surface area contributed by atoms with Gasteiger partial charge in [0.05, 0.1) is 5.56 Å². The molecule has 2 aromatic rings. The number of halogens is 1. The maximum Gasteiger partial charge on any atom is 0.257 e. The molecular weight excluding hydrogens is 255 g/mol. The molecule has 0 fully saturated rings. The first-order chi connectivity index (χ1) is 9.60. The second-order valence-corrected chi connectivity index (χ2v) is 4.76. The van der Waals surface area contributed by atoms with Crippen molar-refractivity contribution in [2.75, 3.05) is 5.32 Å². The highest BCUT2D eigenvalue weighted by Crippen LogP contribution is 2.20. The fourth-order valence-electron chi connectivity index (χ4n) is 1.84. The van der Waals surface area contributed by atoms with E-state index in [0.717, 1.165) is 6.42 Å². The van der Waals surface area contributed by atoms with Crippen LogP contribution in [0.25, 0.3) is 0 Å². The molecule has 2 rings (SSSR count). The molecule has 1 heterocycles. The number of benzene rings is 1. The predicted molar refractivity (Wildman–Crippen MR) is 77.3 cm³/mol. The lowest BCUT2D eigenvalue weighted by Gasteiger charge is -2.10. The van der Waals surface area contributed by atoms with Crippen molar-refractivity contribution in [3.8, 4) is 0 Å². The number of nitrogens with zero attached hydrogens (tertiary/aromatic N) is 1. The quantitative estimate of drug-likeness (QED) is 0.855. The number of hydrogen-bond acceptors (Lipinski definition) is 2. The van der Waals surface area contributed by atoms with Crippen molar-refractivity contribution in [1.29, 1.82) is 0 Å². The zero-order valence-electron chi connectivity index (χ0n) is 11.6. The van der Waals surface area contributed by atoms with Gasteiger partial charge in [-0.15, -0.1) is 0 Å². The van der Waals surface area contributed by atoms with Gasteiger partial charge < -0.3 is 5.32 Å². The van der Waals surface area contributed by atoms with Crippen LogP contribution in [0.5, 0.6) is 0 Å². The molecule has 0 saturated heterocycles. The topological polar surface area (TPSA) is 42.0 Å². The summed E-state index contributed by atoms with van der Waals surface area (Å²) in [5, 5.41) is 2.76. The fourth-order valence-corrected chi connectivity index (χ4v) is 1.84. The van der Waals surface area contributed by atoms with Crippen LogP contribution in [0.4, 0.5) is 10.1 Å². The Morgan fingerprint density at radius 2 is 1.95 bits per heavy atom. The number of rotatable bonds is 4. The van der Waals surface area contributed by atoms with E-state index in [1.807, 2.05) is 24.3 Å². The van der Waals surface area contributed by atoms with Gasteiger partial charge >= 0.3 is 0 Å². The van der Waals surface area contributed by atoms with E-state index in [0.29, 0.717) is 17.2 Å². The highest BCUT2D eigenvalue weighted by Gasteiger charge is 2.07. The van der Waals surface area contributed by atoms with Gasteiger partial charge in [-0.05, 0) is 42.2 Å². The third-order valence-electron chi connectivity index (χ3n) is 3.34. The number of aromatic nitrogens is 1. The number of nitrogens with one attached hydrogen (secondary N) is 1. The molecule has 3 nitrogen and oxygen atoms in total. The van der Waals surface area contributed by atoms with E-state index < -0.39 is 5.95 Å². The van der Waals surface area contributed by atoms with Crippen molar-refractivity contribution in [1.82, 2.24) is 4.98 Å². The standard InChI is InChI=1S/C16H17FN2O/c1-3-11(2)12-4-7-14(8-5-12)19-16(20)13-6-9-15(17)18-10-13/h4-11H,3H2,1-2H3,(H,19,20). The number of carbonyl (C=O) groups is 1. The second-order valence-electron chi connectivity index (χ2n) is 4.76. The van der Waals surface area contributed by atoms with E-state index in [2.05, 4.69) is 24.1 Å². The maximum absolute atomic E-state index is 12.7. The minimum Gasteiger partial charge on any atom is -0.322 e. The first kappa shape index (κ1) is 14.2. The predicted octanol–water partition coefficient (Wildman–Crippen LogP) is 3.99. The van der Waals surface area contributed by atoms with Crippen LogP contribution in [-0.4, -0.2) is 10.9 Å². The summed E-state index contributed by atoms with van der Waals surface area (Å²) in [7, 11) is 0. The molecule has 0 bridgehead atoms. The van der Waals surface area contributed by atoms with Crippen molar-refractivity contribution in [2.24, 2.45) is 0 Å². The molecule has 1 atom stereocenters. The third-order valence-corrected chi connectivity index (χ3v) is 3.34. The van der Waals surface area contributed by atoms with Crippen LogP contribution in [0.2, 0.25) is 0 Å². The summed E-state index contributed by atoms with van der Waals surface area (Å²) in [5.41, 5.74) is 2.29. The summed E-state index contributed by atoms with van der Waals surface area (Å²) in [6.07, 6.45) is 2.30. The molecule has 0 saturated carbocycles. The molecule has 20 heavy (non-hydrogen) atoms. The summed E-state index contributed by atoms with van der Waals surface area (Å²) in [5.74, 6) is -0.394. The number of carbonyl (C=O) groups excluding carboxylic acids is 1. The summed E-state index contributed by atoms with van der Waals surface area (Å²) in [6, 6.07) is 10.3. The van der Waals surface area contributed by atoms with Crippen LogP contribution >= 0.6 is 0 Å². The van der Waals surface area contributed by atoms with E-state index in [-0.39, 0.29) is 5.91 Å². The SMILES string of the molecule is CCC(C)c1ccc(NC(=O)c2ccc(F)nc2)cc1. The lowest BCUT2D eigenvalue weighted by molar-refractivity contribution is 0.102. The Morgan fingerprint density at radius 3 is 2.50 bits per heavy atom. The van der Waals surface area contributed by atoms with E-state index in [1.54, 1.807) is 0 Å². The molecule has 1 N–H and O–H groups in total. The number of hydrogen-bond donors (Lipinski definition) is 1. The van der Waals surface area contributed by atoms with Gasteiger partial charge in [0.2, 0.25) is 5.95 Å². The zero-order chi connectivity index (χ0) is 14.5. The van der Waals surface area contributed by atoms with Crippen LogP contribution in [0.1, 0.15) is 42.1 Å². The molecular formula is C16H17FN2O. The molecule has 0 spiro atoms. The van der Waals surface area contributed by atoms with Crippen LogP contribution in [-0.2, 0) is 0 Å². The minimum absolute atomic E-state index is 0.297. The van der Waals surface area contributed by atoms with Gasteiger partial charge in [-0.25, -0.2) is 4.98 Å². The Morgan fingerprint density at radius 1 is 1.25 bits per heavy atom. The highest BCUT2D eigenvalue weighted by atomic mass is 19.1. The van der Waals surface area contributed by atoms with E-state index in [4.69, 9.17) is 0 Å². The van der Waals surface area contributed by atoms with Gasteiger partial charge in [-0.2, -0.15) is 4.39 Å². The van der Waals surface area contributed by atoms with Crippen molar-refractivity contribution >= 4 is 11.6 Å².